The van der Waals surface area contributed by atoms with E-state index in [4.69, 9.17) is 5.11 Å². The van der Waals surface area contributed by atoms with Gasteiger partial charge in [-0.2, -0.15) is 0 Å². The van der Waals surface area contributed by atoms with Crippen molar-refractivity contribution in [2.45, 2.75) is 24.8 Å². The third-order valence-corrected chi connectivity index (χ3v) is 6.81. The van der Waals surface area contributed by atoms with Crippen LogP contribution in [0, 0.1) is 6.92 Å². The van der Waals surface area contributed by atoms with Crippen LogP contribution in [0.5, 0.6) is 0 Å². The van der Waals surface area contributed by atoms with Crippen molar-refractivity contribution in [3.63, 3.8) is 0 Å². The molecule has 0 aliphatic carbocycles. The molecule has 1 heterocycles. The number of likely N-dealkylation sites (N-methyl/N-ethyl adjacent to an activating group) is 1. The zero-order valence-electron chi connectivity index (χ0n) is 19.4. The van der Waals surface area contributed by atoms with Gasteiger partial charge in [-0.15, -0.1) is 11.8 Å². The quantitative estimate of drug-likeness (QED) is 0.462. The number of carbonyl (C=O) groups excluding carboxylic acids is 1. The summed E-state index contributed by atoms with van der Waals surface area (Å²) in [5.41, 5.74) is 7.08. The van der Waals surface area contributed by atoms with Gasteiger partial charge in [-0.1, -0.05) is 48.0 Å². The fraction of sp³-hybridized carbons (Fsp3) is 0.214. The summed E-state index contributed by atoms with van der Waals surface area (Å²) in [6.07, 6.45) is 2.71. The van der Waals surface area contributed by atoms with Gasteiger partial charge in [0, 0.05) is 28.5 Å². The van der Waals surface area contributed by atoms with Gasteiger partial charge in [0.25, 0.3) is 5.91 Å². The molecular formula is C28H28N2O3S. The monoisotopic (exact) mass is 472 g/mol. The van der Waals surface area contributed by atoms with Gasteiger partial charge in [0.2, 0.25) is 0 Å². The number of hydrogen-bond donors (Lipinski definition) is 2. The van der Waals surface area contributed by atoms with Crippen LogP contribution in [-0.2, 0) is 16.1 Å². The number of carbonyl (C=O) groups is 2. The van der Waals surface area contributed by atoms with Gasteiger partial charge in [0.15, 0.2) is 0 Å². The van der Waals surface area contributed by atoms with Crippen LogP contribution in [0.1, 0.15) is 23.1 Å². The molecule has 0 fully saturated rings. The van der Waals surface area contributed by atoms with Gasteiger partial charge in [0.1, 0.15) is 0 Å². The predicted octanol–water partition coefficient (Wildman–Crippen LogP) is 5.70. The first-order valence-electron chi connectivity index (χ1n) is 11.2. The molecule has 0 saturated carbocycles. The molecule has 174 valence electrons. The van der Waals surface area contributed by atoms with E-state index in [9.17, 15) is 9.59 Å². The van der Waals surface area contributed by atoms with Gasteiger partial charge in [-0.05, 0) is 73.0 Å². The Hall–Kier alpha value is -3.35. The third-order valence-electron chi connectivity index (χ3n) is 5.71. The Morgan fingerprint density at radius 3 is 2.41 bits per heavy atom. The summed E-state index contributed by atoms with van der Waals surface area (Å²) in [5, 5.41) is 11.9. The second kappa shape index (κ2) is 10.7. The Bertz CT molecular complexity index is 1220. The molecule has 3 aromatic carbocycles. The van der Waals surface area contributed by atoms with Gasteiger partial charge in [0.05, 0.1) is 6.54 Å². The highest BCUT2D eigenvalue weighted by molar-refractivity contribution is 7.99. The average Bonchev–Trinajstić information content (AvgIpc) is 3.02. The van der Waals surface area contributed by atoms with Crippen molar-refractivity contribution >= 4 is 35.4 Å². The van der Waals surface area contributed by atoms with E-state index in [2.05, 4.69) is 54.7 Å². The van der Waals surface area contributed by atoms with Crippen molar-refractivity contribution in [2.24, 2.45) is 0 Å². The van der Waals surface area contributed by atoms with Crippen LogP contribution in [0.15, 0.2) is 77.2 Å². The number of aliphatic carboxylic acids is 1. The number of nitrogens with zero attached hydrogens (tertiary/aromatic N) is 1. The van der Waals surface area contributed by atoms with Crippen LogP contribution in [0.4, 0.5) is 5.69 Å². The van der Waals surface area contributed by atoms with E-state index < -0.39 is 5.97 Å². The number of aryl methyl sites for hydroxylation is 1. The number of carboxylic acid groups (broad SMARTS) is 1. The maximum Gasteiger partial charge on any atom is 0.317 e. The normalized spacial score (nSPS) is 13.1. The Kier molecular flexibility index (Phi) is 7.50. The number of rotatable bonds is 7. The molecular weight excluding hydrogens is 444 g/mol. The zero-order chi connectivity index (χ0) is 24.1. The summed E-state index contributed by atoms with van der Waals surface area (Å²) in [7, 11) is 1.77. The van der Waals surface area contributed by atoms with Crippen LogP contribution in [0.25, 0.3) is 17.2 Å². The number of nitrogens with one attached hydrogen (secondary N) is 1. The van der Waals surface area contributed by atoms with Crippen LogP contribution < -0.4 is 5.32 Å². The Labute approximate surface area is 204 Å². The average molecular weight is 473 g/mol. The second-order valence-corrected chi connectivity index (χ2v) is 9.74. The van der Waals surface area contributed by atoms with E-state index in [0.717, 1.165) is 39.3 Å². The van der Waals surface area contributed by atoms with E-state index in [0.29, 0.717) is 13.0 Å². The largest absolute Gasteiger partial charge is 0.480 e. The number of benzene rings is 3. The first kappa shape index (κ1) is 23.8. The van der Waals surface area contributed by atoms with Crippen molar-refractivity contribution in [3.8, 4) is 11.1 Å². The predicted molar refractivity (Wildman–Crippen MR) is 139 cm³/mol. The fourth-order valence-electron chi connectivity index (χ4n) is 3.93. The summed E-state index contributed by atoms with van der Waals surface area (Å²) < 4.78 is 0. The Morgan fingerprint density at radius 2 is 1.71 bits per heavy atom. The number of hydrogen-bond acceptors (Lipinski definition) is 4. The van der Waals surface area contributed by atoms with Gasteiger partial charge < -0.3 is 10.4 Å². The van der Waals surface area contributed by atoms with Crippen LogP contribution in [0.2, 0.25) is 0 Å². The van der Waals surface area contributed by atoms with Crippen molar-refractivity contribution in [2.75, 3.05) is 24.7 Å². The lowest BCUT2D eigenvalue weighted by molar-refractivity contribution is -0.138. The summed E-state index contributed by atoms with van der Waals surface area (Å²) in [6.45, 7) is 2.59. The number of carboxylic acids is 1. The topological polar surface area (TPSA) is 69.6 Å². The van der Waals surface area contributed by atoms with E-state index in [1.807, 2.05) is 30.3 Å². The lowest BCUT2D eigenvalue weighted by Crippen LogP contribution is -2.25. The molecule has 2 N–H and O–H groups in total. The molecule has 0 aromatic heterocycles. The lowest BCUT2D eigenvalue weighted by atomic mass is 10.0. The zero-order valence-corrected chi connectivity index (χ0v) is 20.2. The Morgan fingerprint density at radius 1 is 1.00 bits per heavy atom. The molecule has 0 spiro atoms. The van der Waals surface area contributed by atoms with Crippen LogP contribution in [0.3, 0.4) is 0 Å². The van der Waals surface area contributed by atoms with E-state index in [-0.39, 0.29) is 12.5 Å². The number of thioether (sulfide) groups is 1. The summed E-state index contributed by atoms with van der Waals surface area (Å²) in [6, 6.07) is 22.5. The molecule has 0 saturated heterocycles. The SMILES string of the molecule is Cc1ccc(-c2ccc3c(c2)C=C(C(=O)Nc2ccc(CN(C)CC(=O)O)cc2)CCS3)cc1. The molecule has 0 bridgehead atoms. The maximum atomic E-state index is 13.0. The van der Waals surface area contributed by atoms with Gasteiger partial charge in [-0.3, -0.25) is 14.5 Å². The smallest absolute Gasteiger partial charge is 0.317 e. The highest BCUT2D eigenvalue weighted by atomic mass is 32.2. The third kappa shape index (κ3) is 6.16. The summed E-state index contributed by atoms with van der Waals surface area (Å²) in [4.78, 5) is 26.8. The standard InChI is InChI=1S/C28H28N2O3S/c1-19-3-7-21(8-4-19)22-9-12-26-24(15-22)16-23(13-14-34-26)28(33)29-25-10-5-20(6-11-25)17-30(2)18-27(31)32/h3-12,15-16H,13-14,17-18H2,1-2H3,(H,29,33)(H,31,32). The first-order chi connectivity index (χ1) is 16.4. The minimum atomic E-state index is -0.853. The van der Waals surface area contributed by atoms with Gasteiger partial charge in [-0.25, -0.2) is 0 Å². The molecule has 0 unspecified atom stereocenters. The molecule has 6 heteroatoms. The molecule has 0 atom stereocenters. The molecule has 1 amide bonds. The molecule has 3 aromatic rings. The molecule has 1 aliphatic rings. The summed E-state index contributed by atoms with van der Waals surface area (Å²) in [5.74, 6) is -0.0935. The second-order valence-electron chi connectivity index (χ2n) is 8.60. The van der Waals surface area contributed by atoms with E-state index in [1.165, 1.54) is 10.5 Å². The van der Waals surface area contributed by atoms with Crippen molar-refractivity contribution in [3.05, 3.63) is 89.0 Å². The van der Waals surface area contributed by atoms with E-state index in [1.54, 1.807) is 23.7 Å². The minimum absolute atomic E-state index is 0.0161. The molecule has 4 rings (SSSR count). The minimum Gasteiger partial charge on any atom is -0.480 e. The molecule has 34 heavy (non-hydrogen) atoms. The number of amides is 1. The number of anilines is 1. The van der Waals surface area contributed by atoms with Crippen molar-refractivity contribution in [1.82, 2.24) is 4.90 Å². The highest BCUT2D eigenvalue weighted by Gasteiger charge is 2.16. The first-order valence-corrected chi connectivity index (χ1v) is 12.2. The maximum absolute atomic E-state index is 13.0. The van der Waals surface area contributed by atoms with Crippen LogP contribution >= 0.6 is 11.8 Å². The van der Waals surface area contributed by atoms with Gasteiger partial charge >= 0.3 is 5.97 Å². The highest BCUT2D eigenvalue weighted by Crippen LogP contribution is 2.34. The van der Waals surface area contributed by atoms with Crippen molar-refractivity contribution in [1.29, 1.82) is 0 Å². The molecule has 5 nitrogen and oxygen atoms in total. The molecule has 1 aliphatic heterocycles. The fourth-order valence-corrected chi connectivity index (χ4v) is 4.92. The van der Waals surface area contributed by atoms with E-state index >= 15 is 0 Å². The Balaban J connectivity index is 1.48. The van der Waals surface area contributed by atoms with Crippen molar-refractivity contribution < 1.29 is 14.7 Å². The van der Waals surface area contributed by atoms with Crippen LogP contribution in [-0.4, -0.2) is 41.2 Å². The lowest BCUT2D eigenvalue weighted by Gasteiger charge is -2.14. The summed E-state index contributed by atoms with van der Waals surface area (Å²) >= 11 is 1.78. The molecule has 0 radical (unpaired) electrons. The number of fused-ring (bicyclic) bond motifs is 1.